The highest BCUT2D eigenvalue weighted by molar-refractivity contribution is 5.48. The number of rotatable bonds is 5. The van der Waals surface area contributed by atoms with E-state index in [1.165, 1.54) is 24.8 Å². The van der Waals surface area contributed by atoms with Crippen LogP contribution in [0.5, 0.6) is 0 Å². The minimum Gasteiger partial charge on any atom is -0.0839 e. The van der Waals surface area contributed by atoms with Crippen molar-refractivity contribution in [3.8, 4) is 0 Å². The Morgan fingerprint density at radius 3 is 2.35 bits per heavy atom. The van der Waals surface area contributed by atoms with E-state index in [2.05, 4.69) is 70.2 Å². The molecule has 1 atom stereocenters. The normalized spacial score (nSPS) is 14.1. The zero-order chi connectivity index (χ0) is 12.7. The first-order chi connectivity index (χ1) is 7.97. The summed E-state index contributed by atoms with van der Waals surface area (Å²) in [6.45, 7) is 9.33. The molecule has 0 bridgehead atoms. The summed E-state index contributed by atoms with van der Waals surface area (Å²) in [5.41, 5.74) is 1.76. The highest BCUT2D eigenvalue weighted by Crippen LogP contribution is 2.26. The molecular formula is C17H26. The summed E-state index contributed by atoms with van der Waals surface area (Å²) >= 11 is 0. The summed E-state index contributed by atoms with van der Waals surface area (Å²) in [6.07, 6.45) is 8.32. The van der Waals surface area contributed by atoms with E-state index in [9.17, 15) is 0 Å². The Morgan fingerprint density at radius 2 is 1.76 bits per heavy atom. The molecule has 0 heteroatoms. The quantitative estimate of drug-likeness (QED) is 0.622. The molecule has 1 aromatic carbocycles. The minimum absolute atomic E-state index is 0.461. The highest BCUT2D eigenvalue weighted by atomic mass is 14.2. The second-order valence-electron chi connectivity index (χ2n) is 6.26. The largest absolute Gasteiger partial charge is 0.0839 e. The van der Waals surface area contributed by atoms with E-state index < -0.39 is 0 Å². The molecule has 0 aromatic heterocycles. The molecule has 1 rings (SSSR count). The smallest absolute Gasteiger partial charge is 0.0260 e. The number of benzene rings is 1. The van der Waals surface area contributed by atoms with Crippen molar-refractivity contribution in [1.82, 2.24) is 0 Å². The molecule has 0 aliphatic heterocycles. The van der Waals surface area contributed by atoms with Crippen LogP contribution in [0.4, 0.5) is 0 Å². The van der Waals surface area contributed by atoms with Crippen molar-refractivity contribution >= 4 is 6.08 Å². The summed E-state index contributed by atoms with van der Waals surface area (Å²) in [5, 5.41) is 0. The van der Waals surface area contributed by atoms with Crippen LogP contribution in [-0.4, -0.2) is 0 Å². The van der Waals surface area contributed by atoms with Crippen LogP contribution in [0.3, 0.4) is 0 Å². The highest BCUT2D eigenvalue weighted by Gasteiger charge is 2.14. The van der Waals surface area contributed by atoms with E-state index in [1.807, 2.05) is 0 Å². The summed E-state index contributed by atoms with van der Waals surface area (Å²) in [5.74, 6) is 0.815. The molecule has 0 aliphatic rings. The van der Waals surface area contributed by atoms with Gasteiger partial charge >= 0.3 is 0 Å². The van der Waals surface area contributed by atoms with Crippen LogP contribution in [-0.2, 0) is 0 Å². The fourth-order valence-electron chi connectivity index (χ4n) is 2.31. The van der Waals surface area contributed by atoms with Gasteiger partial charge in [-0.25, -0.2) is 0 Å². The van der Waals surface area contributed by atoms with E-state index in [1.54, 1.807) is 0 Å². The molecule has 94 valence electrons. The molecule has 1 unspecified atom stereocenters. The Labute approximate surface area is 107 Å². The van der Waals surface area contributed by atoms with E-state index >= 15 is 0 Å². The SMILES string of the molecule is CC(CC/C=C/c1ccccc1)CC(C)(C)C. The molecule has 0 heterocycles. The molecule has 1 aromatic rings. The Kier molecular flexibility index (Phi) is 5.47. The minimum atomic E-state index is 0.461. The van der Waals surface area contributed by atoms with Gasteiger partial charge in [0, 0.05) is 0 Å². The van der Waals surface area contributed by atoms with Gasteiger partial charge in [-0.1, -0.05) is 70.2 Å². The van der Waals surface area contributed by atoms with E-state index in [0.717, 1.165) is 5.92 Å². The van der Waals surface area contributed by atoms with Gasteiger partial charge in [-0.3, -0.25) is 0 Å². The second kappa shape index (κ2) is 6.64. The Hall–Kier alpha value is -1.04. The molecule has 17 heavy (non-hydrogen) atoms. The summed E-state index contributed by atoms with van der Waals surface area (Å²) in [6, 6.07) is 10.5. The predicted molar refractivity (Wildman–Crippen MR) is 77.9 cm³/mol. The second-order valence-corrected chi connectivity index (χ2v) is 6.26. The van der Waals surface area contributed by atoms with Crippen LogP contribution in [0.1, 0.15) is 52.5 Å². The number of hydrogen-bond acceptors (Lipinski definition) is 0. The van der Waals surface area contributed by atoms with Gasteiger partial charge in [-0.05, 0) is 36.2 Å². The van der Waals surface area contributed by atoms with E-state index in [-0.39, 0.29) is 0 Å². The van der Waals surface area contributed by atoms with Crippen LogP contribution < -0.4 is 0 Å². The fourth-order valence-corrected chi connectivity index (χ4v) is 2.31. The standard InChI is InChI=1S/C17H26/c1-15(14-17(2,3)4)10-8-9-13-16-11-6-5-7-12-16/h5-7,9,11-13,15H,8,10,14H2,1-4H3/b13-9+. The average Bonchev–Trinajstić information content (AvgIpc) is 2.23. The van der Waals surface area contributed by atoms with Crippen LogP contribution in [0.2, 0.25) is 0 Å². The van der Waals surface area contributed by atoms with Crippen molar-refractivity contribution < 1.29 is 0 Å². The van der Waals surface area contributed by atoms with E-state index in [4.69, 9.17) is 0 Å². The average molecular weight is 230 g/mol. The monoisotopic (exact) mass is 230 g/mol. The lowest BCUT2D eigenvalue weighted by Gasteiger charge is -2.22. The van der Waals surface area contributed by atoms with Crippen molar-refractivity contribution in [2.45, 2.75) is 47.0 Å². The van der Waals surface area contributed by atoms with Gasteiger partial charge in [0.15, 0.2) is 0 Å². The van der Waals surface area contributed by atoms with Gasteiger partial charge in [0.05, 0.1) is 0 Å². The van der Waals surface area contributed by atoms with Gasteiger partial charge in [0.25, 0.3) is 0 Å². The van der Waals surface area contributed by atoms with Crippen LogP contribution in [0.25, 0.3) is 6.08 Å². The first-order valence-corrected chi connectivity index (χ1v) is 6.69. The molecule has 0 fully saturated rings. The zero-order valence-corrected chi connectivity index (χ0v) is 11.7. The van der Waals surface area contributed by atoms with Crippen molar-refractivity contribution in [2.24, 2.45) is 11.3 Å². The molecule has 0 saturated carbocycles. The van der Waals surface area contributed by atoms with Gasteiger partial charge in [0.2, 0.25) is 0 Å². The van der Waals surface area contributed by atoms with Crippen molar-refractivity contribution in [1.29, 1.82) is 0 Å². The Morgan fingerprint density at radius 1 is 1.12 bits per heavy atom. The van der Waals surface area contributed by atoms with Crippen LogP contribution in [0.15, 0.2) is 36.4 Å². The topological polar surface area (TPSA) is 0 Å². The lowest BCUT2D eigenvalue weighted by atomic mass is 9.84. The Balaban J connectivity index is 2.26. The molecule has 0 aliphatic carbocycles. The number of hydrogen-bond donors (Lipinski definition) is 0. The molecule has 0 N–H and O–H groups in total. The lowest BCUT2D eigenvalue weighted by molar-refractivity contribution is 0.298. The van der Waals surface area contributed by atoms with Crippen LogP contribution >= 0.6 is 0 Å². The maximum absolute atomic E-state index is 2.36. The molecule has 0 nitrogen and oxygen atoms in total. The number of allylic oxidation sites excluding steroid dienone is 1. The third-order valence-corrected chi connectivity index (χ3v) is 2.90. The van der Waals surface area contributed by atoms with Crippen molar-refractivity contribution in [3.63, 3.8) is 0 Å². The molecular weight excluding hydrogens is 204 g/mol. The third-order valence-electron chi connectivity index (χ3n) is 2.90. The summed E-state index contributed by atoms with van der Waals surface area (Å²) in [7, 11) is 0. The van der Waals surface area contributed by atoms with E-state index in [0.29, 0.717) is 5.41 Å². The first-order valence-electron chi connectivity index (χ1n) is 6.69. The zero-order valence-electron chi connectivity index (χ0n) is 11.7. The lowest BCUT2D eigenvalue weighted by Crippen LogP contribution is -2.10. The fraction of sp³-hybridized carbons (Fsp3) is 0.529. The molecule has 0 amide bonds. The van der Waals surface area contributed by atoms with Crippen molar-refractivity contribution in [2.75, 3.05) is 0 Å². The Bertz CT molecular complexity index is 327. The first kappa shape index (κ1) is 14.0. The maximum Gasteiger partial charge on any atom is -0.0260 e. The maximum atomic E-state index is 2.36. The van der Waals surface area contributed by atoms with Gasteiger partial charge in [-0.15, -0.1) is 0 Å². The molecule has 0 spiro atoms. The summed E-state index contributed by atoms with van der Waals surface area (Å²) in [4.78, 5) is 0. The van der Waals surface area contributed by atoms with Gasteiger partial charge in [0.1, 0.15) is 0 Å². The predicted octanol–water partition coefficient (Wildman–Crippen LogP) is 5.55. The summed E-state index contributed by atoms with van der Waals surface area (Å²) < 4.78 is 0. The van der Waals surface area contributed by atoms with Gasteiger partial charge in [-0.2, -0.15) is 0 Å². The molecule has 0 saturated heterocycles. The molecule has 0 radical (unpaired) electrons. The third kappa shape index (κ3) is 6.99. The van der Waals surface area contributed by atoms with Gasteiger partial charge < -0.3 is 0 Å². The van der Waals surface area contributed by atoms with Crippen molar-refractivity contribution in [3.05, 3.63) is 42.0 Å². The van der Waals surface area contributed by atoms with Crippen LogP contribution in [0, 0.1) is 11.3 Å².